The Morgan fingerprint density at radius 1 is 1.17 bits per heavy atom. The van der Waals surface area contributed by atoms with E-state index in [1.165, 1.54) is 13.2 Å². The summed E-state index contributed by atoms with van der Waals surface area (Å²) in [5.74, 6) is 0.519. The van der Waals surface area contributed by atoms with Crippen molar-refractivity contribution in [1.29, 1.82) is 0 Å². The van der Waals surface area contributed by atoms with Crippen LogP contribution in [0.3, 0.4) is 0 Å². The van der Waals surface area contributed by atoms with Gasteiger partial charge in [0.05, 0.1) is 12.0 Å². The minimum absolute atomic E-state index is 0.0182. The van der Waals surface area contributed by atoms with Crippen molar-refractivity contribution in [2.24, 2.45) is 5.14 Å². The molecule has 1 aliphatic rings. The van der Waals surface area contributed by atoms with Crippen molar-refractivity contribution >= 4 is 21.7 Å². The Morgan fingerprint density at radius 2 is 1.92 bits per heavy atom. The number of nitrogens with two attached hydrogens (primary N) is 1. The van der Waals surface area contributed by atoms with Gasteiger partial charge in [0.15, 0.2) is 0 Å². The molecule has 24 heavy (non-hydrogen) atoms. The van der Waals surface area contributed by atoms with E-state index in [1.807, 2.05) is 0 Å². The summed E-state index contributed by atoms with van der Waals surface area (Å²) in [6, 6.07) is 11.5. The fraction of sp³-hybridized carbons (Fsp3) is 0.188. The third kappa shape index (κ3) is 2.93. The van der Waals surface area contributed by atoms with Crippen LogP contribution in [0.5, 0.6) is 5.75 Å². The van der Waals surface area contributed by atoms with Gasteiger partial charge in [0.1, 0.15) is 5.75 Å². The Kier molecular flexibility index (Phi) is 4.16. The topological polar surface area (TPSA) is 102 Å². The summed E-state index contributed by atoms with van der Waals surface area (Å²) >= 11 is 0. The summed E-state index contributed by atoms with van der Waals surface area (Å²) in [6.45, 7) is 1.05. The fourth-order valence-electron chi connectivity index (χ4n) is 2.73. The molecule has 8 heteroatoms. The van der Waals surface area contributed by atoms with Crippen LogP contribution in [-0.4, -0.2) is 34.6 Å². The summed E-state index contributed by atoms with van der Waals surface area (Å²) < 4.78 is 29.3. The molecule has 1 fully saturated rings. The molecule has 0 aromatic heterocycles. The number of benzene rings is 2. The Hall–Kier alpha value is -2.58. The number of para-hydroxylation sites is 1. The predicted molar refractivity (Wildman–Crippen MR) is 90.5 cm³/mol. The molecule has 0 bridgehead atoms. The molecule has 3 N–H and O–H groups in total. The van der Waals surface area contributed by atoms with E-state index in [2.05, 4.69) is 5.32 Å². The minimum Gasteiger partial charge on any atom is -0.496 e. The SMILES string of the molecule is COc1ccccc1-c1cc(N2CCNC2=O)ccc1S(N)(=O)=O. The molecule has 7 nitrogen and oxygen atoms in total. The van der Waals surface area contributed by atoms with Gasteiger partial charge in [-0.15, -0.1) is 0 Å². The molecule has 3 rings (SSSR count). The monoisotopic (exact) mass is 347 g/mol. The highest BCUT2D eigenvalue weighted by atomic mass is 32.2. The summed E-state index contributed by atoms with van der Waals surface area (Å²) in [6.07, 6.45) is 0. The Labute approximate surface area is 140 Å². The third-order valence-corrected chi connectivity index (χ3v) is 4.80. The molecule has 1 saturated heterocycles. The lowest BCUT2D eigenvalue weighted by molar-refractivity contribution is 0.252. The first kappa shape index (κ1) is 16.3. The second-order valence-corrected chi connectivity index (χ2v) is 6.84. The number of sulfonamides is 1. The van der Waals surface area contributed by atoms with Crippen LogP contribution >= 0.6 is 0 Å². The average molecular weight is 347 g/mol. The summed E-state index contributed by atoms with van der Waals surface area (Å²) in [7, 11) is -2.43. The lowest BCUT2D eigenvalue weighted by atomic mass is 10.0. The molecule has 0 radical (unpaired) electrons. The minimum atomic E-state index is -3.94. The maximum atomic E-state index is 12.0. The van der Waals surface area contributed by atoms with Crippen molar-refractivity contribution in [2.75, 3.05) is 25.1 Å². The van der Waals surface area contributed by atoms with Gasteiger partial charge < -0.3 is 10.1 Å². The smallest absolute Gasteiger partial charge is 0.321 e. The zero-order valence-corrected chi connectivity index (χ0v) is 13.8. The van der Waals surface area contributed by atoms with Gasteiger partial charge in [0.25, 0.3) is 0 Å². The number of anilines is 1. The molecule has 126 valence electrons. The first-order valence-electron chi connectivity index (χ1n) is 7.27. The highest BCUT2D eigenvalue weighted by Crippen LogP contribution is 2.36. The number of rotatable bonds is 4. The quantitative estimate of drug-likeness (QED) is 0.876. The van der Waals surface area contributed by atoms with E-state index in [-0.39, 0.29) is 10.9 Å². The number of hydrogen-bond donors (Lipinski definition) is 2. The number of primary sulfonamides is 1. The number of nitrogens with one attached hydrogen (secondary N) is 1. The summed E-state index contributed by atoms with van der Waals surface area (Å²) in [4.78, 5) is 13.4. The highest BCUT2D eigenvalue weighted by Gasteiger charge is 2.24. The predicted octanol–water partition coefficient (Wildman–Crippen LogP) is 1.54. The number of hydrogen-bond acceptors (Lipinski definition) is 4. The number of carbonyl (C=O) groups excluding carboxylic acids is 1. The van der Waals surface area contributed by atoms with E-state index in [1.54, 1.807) is 41.3 Å². The van der Waals surface area contributed by atoms with Gasteiger partial charge in [-0.05, 0) is 24.3 Å². The number of methoxy groups -OCH3 is 1. The summed E-state index contributed by atoms with van der Waals surface area (Å²) in [5, 5.41) is 8.07. The molecule has 0 atom stereocenters. The molecular formula is C16H17N3O4S. The zero-order valence-electron chi connectivity index (χ0n) is 13.0. The molecule has 1 heterocycles. The number of nitrogens with zero attached hydrogens (tertiary/aromatic N) is 1. The lowest BCUT2D eigenvalue weighted by Gasteiger charge is -2.18. The first-order chi connectivity index (χ1) is 11.4. The maximum absolute atomic E-state index is 12.0. The van der Waals surface area contributed by atoms with Crippen molar-refractivity contribution in [3.05, 3.63) is 42.5 Å². The van der Waals surface area contributed by atoms with Crippen molar-refractivity contribution < 1.29 is 17.9 Å². The molecule has 1 aliphatic heterocycles. The van der Waals surface area contributed by atoms with Crippen LogP contribution in [0.1, 0.15) is 0 Å². The van der Waals surface area contributed by atoms with Crippen LogP contribution in [0.25, 0.3) is 11.1 Å². The number of ether oxygens (including phenoxy) is 1. The van der Waals surface area contributed by atoms with Crippen LogP contribution in [0.15, 0.2) is 47.4 Å². The molecule has 2 aromatic rings. The lowest BCUT2D eigenvalue weighted by Crippen LogP contribution is -2.27. The van der Waals surface area contributed by atoms with E-state index in [0.29, 0.717) is 35.7 Å². The Balaban J connectivity index is 2.22. The van der Waals surface area contributed by atoms with Gasteiger partial charge in [-0.2, -0.15) is 0 Å². The van der Waals surface area contributed by atoms with E-state index in [4.69, 9.17) is 9.88 Å². The third-order valence-electron chi connectivity index (χ3n) is 3.84. The number of urea groups is 1. The van der Waals surface area contributed by atoms with Crippen molar-refractivity contribution in [2.45, 2.75) is 4.90 Å². The Morgan fingerprint density at radius 3 is 2.54 bits per heavy atom. The molecule has 0 unspecified atom stereocenters. The molecule has 0 saturated carbocycles. The first-order valence-corrected chi connectivity index (χ1v) is 8.82. The second kappa shape index (κ2) is 6.14. The van der Waals surface area contributed by atoms with Gasteiger partial charge in [0.2, 0.25) is 10.0 Å². The van der Waals surface area contributed by atoms with E-state index in [9.17, 15) is 13.2 Å². The standard InChI is InChI=1S/C16H17N3O4S/c1-23-14-5-3-2-4-12(14)13-10-11(19-9-8-18-16(19)20)6-7-15(13)24(17,21)22/h2-7,10H,8-9H2,1H3,(H,18,20)(H2,17,21,22). The molecule has 0 aliphatic carbocycles. The van der Waals surface area contributed by atoms with Gasteiger partial charge in [-0.3, -0.25) is 4.90 Å². The molecule has 2 amide bonds. The van der Waals surface area contributed by atoms with Crippen molar-refractivity contribution in [3.63, 3.8) is 0 Å². The van der Waals surface area contributed by atoms with E-state index in [0.717, 1.165) is 0 Å². The normalized spacial score (nSPS) is 14.6. The van der Waals surface area contributed by atoms with Crippen molar-refractivity contribution in [3.8, 4) is 16.9 Å². The molecular weight excluding hydrogens is 330 g/mol. The van der Waals surface area contributed by atoms with Crippen LogP contribution in [-0.2, 0) is 10.0 Å². The van der Waals surface area contributed by atoms with Gasteiger partial charge in [-0.1, -0.05) is 18.2 Å². The van der Waals surface area contributed by atoms with Gasteiger partial charge in [-0.25, -0.2) is 18.4 Å². The molecule has 2 aromatic carbocycles. The number of amides is 2. The van der Waals surface area contributed by atoms with Crippen LogP contribution in [0.2, 0.25) is 0 Å². The zero-order chi connectivity index (χ0) is 17.3. The Bertz CT molecular complexity index is 896. The van der Waals surface area contributed by atoms with Gasteiger partial charge >= 0.3 is 6.03 Å². The fourth-order valence-corrected chi connectivity index (χ4v) is 3.46. The van der Waals surface area contributed by atoms with E-state index >= 15 is 0 Å². The maximum Gasteiger partial charge on any atom is 0.321 e. The average Bonchev–Trinajstić information content (AvgIpc) is 2.99. The van der Waals surface area contributed by atoms with Crippen LogP contribution < -0.4 is 20.1 Å². The van der Waals surface area contributed by atoms with Gasteiger partial charge in [0, 0.05) is 29.9 Å². The van der Waals surface area contributed by atoms with Crippen LogP contribution in [0.4, 0.5) is 10.5 Å². The second-order valence-electron chi connectivity index (χ2n) is 5.31. The summed E-state index contributed by atoms with van der Waals surface area (Å²) in [5.41, 5.74) is 1.58. The largest absolute Gasteiger partial charge is 0.496 e. The highest BCUT2D eigenvalue weighted by molar-refractivity contribution is 7.89. The number of carbonyl (C=O) groups is 1. The van der Waals surface area contributed by atoms with Crippen molar-refractivity contribution in [1.82, 2.24) is 5.32 Å². The van der Waals surface area contributed by atoms with Crippen LogP contribution in [0, 0.1) is 0 Å². The van der Waals surface area contributed by atoms with E-state index < -0.39 is 10.0 Å². The molecule has 0 spiro atoms.